The molecule has 1 amide bonds. The van der Waals surface area contributed by atoms with Crippen molar-refractivity contribution in [3.05, 3.63) is 0 Å². The molecule has 1 aliphatic rings. The smallest absolute Gasteiger partial charge is 0.410 e. The maximum absolute atomic E-state index is 11.9. The highest BCUT2D eigenvalue weighted by Crippen LogP contribution is 2.36. The number of rotatable bonds is 3. The van der Waals surface area contributed by atoms with Crippen LogP contribution in [-0.4, -0.2) is 52.3 Å². The molecule has 7 nitrogen and oxygen atoms in total. The highest BCUT2D eigenvalue weighted by atomic mass is 16.6. The molecule has 22 heavy (non-hydrogen) atoms. The molecule has 1 saturated heterocycles. The van der Waals surface area contributed by atoms with Crippen LogP contribution in [0.3, 0.4) is 0 Å². The second kappa shape index (κ2) is 5.78. The summed E-state index contributed by atoms with van der Waals surface area (Å²) in [4.78, 5) is 36.5. The third kappa shape index (κ3) is 4.89. The fourth-order valence-corrected chi connectivity index (χ4v) is 2.12. The Labute approximate surface area is 130 Å². The van der Waals surface area contributed by atoms with Crippen LogP contribution in [0.2, 0.25) is 0 Å². The number of amides is 1. The van der Waals surface area contributed by atoms with Crippen LogP contribution in [-0.2, 0) is 19.1 Å². The van der Waals surface area contributed by atoms with Crippen LogP contribution in [0.1, 0.15) is 48.0 Å². The quantitative estimate of drug-likeness (QED) is 0.801. The Morgan fingerprint density at radius 2 is 1.45 bits per heavy atom. The van der Waals surface area contributed by atoms with E-state index in [-0.39, 0.29) is 19.5 Å². The summed E-state index contributed by atoms with van der Waals surface area (Å²) in [6, 6.07) is 0. The molecule has 1 rings (SSSR count). The minimum Gasteiger partial charge on any atom is -0.481 e. The Balaban J connectivity index is 2.66. The van der Waals surface area contributed by atoms with Crippen LogP contribution in [0, 0.1) is 5.41 Å². The molecule has 0 unspecified atom stereocenters. The number of esters is 1. The van der Waals surface area contributed by atoms with Crippen LogP contribution in [0.5, 0.6) is 0 Å². The van der Waals surface area contributed by atoms with E-state index >= 15 is 0 Å². The molecule has 1 fully saturated rings. The van der Waals surface area contributed by atoms with E-state index in [1.54, 1.807) is 41.5 Å². The normalized spacial score (nSPS) is 17.5. The first-order chi connectivity index (χ1) is 9.74. The largest absolute Gasteiger partial charge is 0.481 e. The molecular formula is C15H25NO6. The monoisotopic (exact) mass is 315 g/mol. The molecule has 0 aromatic rings. The Bertz CT molecular complexity index is 465. The first-order valence-electron chi connectivity index (χ1n) is 7.17. The van der Waals surface area contributed by atoms with Gasteiger partial charge in [-0.15, -0.1) is 0 Å². The fraction of sp³-hybridized carbons (Fsp3) is 0.800. The van der Waals surface area contributed by atoms with Crippen LogP contribution in [0.4, 0.5) is 4.79 Å². The van der Waals surface area contributed by atoms with Crippen molar-refractivity contribution in [2.75, 3.05) is 13.1 Å². The predicted molar refractivity (Wildman–Crippen MR) is 78.3 cm³/mol. The van der Waals surface area contributed by atoms with Gasteiger partial charge in [-0.2, -0.15) is 0 Å². The van der Waals surface area contributed by atoms with Gasteiger partial charge in [0.05, 0.1) is 6.42 Å². The van der Waals surface area contributed by atoms with Crippen molar-refractivity contribution in [1.82, 2.24) is 4.90 Å². The molecule has 7 heteroatoms. The van der Waals surface area contributed by atoms with Gasteiger partial charge < -0.3 is 19.5 Å². The molecule has 126 valence electrons. The minimum atomic E-state index is -1.29. The lowest BCUT2D eigenvalue weighted by molar-refractivity contribution is -0.173. The summed E-state index contributed by atoms with van der Waals surface area (Å²) < 4.78 is 10.3. The summed E-state index contributed by atoms with van der Waals surface area (Å²) in [6.07, 6.45) is -0.840. The summed E-state index contributed by atoms with van der Waals surface area (Å²) in [5.41, 5.74) is -2.62. The second-order valence-corrected chi connectivity index (χ2v) is 7.69. The van der Waals surface area contributed by atoms with Crippen LogP contribution < -0.4 is 0 Å². The predicted octanol–water partition coefficient (Wildman–Crippen LogP) is 2.04. The lowest BCUT2D eigenvalue weighted by Crippen LogP contribution is -2.63. The van der Waals surface area contributed by atoms with Gasteiger partial charge in [-0.3, -0.25) is 9.59 Å². The zero-order chi connectivity index (χ0) is 17.3. The zero-order valence-corrected chi connectivity index (χ0v) is 14.1. The molecule has 1 N–H and O–H groups in total. The van der Waals surface area contributed by atoms with E-state index in [9.17, 15) is 19.5 Å². The molecule has 0 aliphatic carbocycles. The first-order valence-corrected chi connectivity index (χ1v) is 7.17. The molecule has 0 aromatic carbocycles. The number of carboxylic acid groups (broad SMARTS) is 1. The first kappa shape index (κ1) is 18.3. The Morgan fingerprint density at radius 3 is 1.82 bits per heavy atom. The number of nitrogens with zero attached hydrogens (tertiary/aromatic N) is 1. The van der Waals surface area contributed by atoms with Gasteiger partial charge in [0.2, 0.25) is 0 Å². The Kier molecular flexibility index (Phi) is 4.79. The fourth-order valence-electron chi connectivity index (χ4n) is 2.12. The van der Waals surface area contributed by atoms with E-state index in [0.717, 1.165) is 0 Å². The van der Waals surface area contributed by atoms with Crippen molar-refractivity contribution in [2.45, 2.75) is 59.2 Å². The maximum Gasteiger partial charge on any atom is 0.410 e. The lowest BCUT2D eigenvalue weighted by Gasteiger charge is -2.46. The van der Waals surface area contributed by atoms with E-state index in [1.165, 1.54) is 4.90 Å². The van der Waals surface area contributed by atoms with Crippen LogP contribution in [0.25, 0.3) is 0 Å². The molecule has 1 heterocycles. The SMILES string of the molecule is CC(C)(C)OC(=O)CC1(C(=O)O)CN(C(=O)OC(C)(C)C)C1. The molecule has 0 saturated carbocycles. The van der Waals surface area contributed by atoms with Gasteiger partial charge in [-0.1, -0.05) is 0 Å². The number of carboxylic acids is 1. The topological polar surface area (TPSA) is 93.1 Å². The van der Waals surface area contributed by atoms with Gasteiger partial charge in [0.25, 0.3) is 0 Å². The number of hydrogen-bond acceptors (Lipinski definition) is 5. The van der Waals surface area contributed by atoms with Crippen molar-refractivity contribution in [1.29, 1.82) is 0 Å². The molecule has 0 spiro atoms. The molecule has 0 bridgehead atoms. The van der Waals surface area contributed by atoms with Crippen molar-refractivity contribution >= 4 is 18.0 Å². The number of ether oxygens (including phenoxy) is 2. The summed E-state index contributed by atoms with van der Waals surface area (Å²) >= 11 is 0. The highest BCUT2D eigenvalue weighted by molar-refractivity contribution is 5.86. The molecule has 1 aliphatic heterocycles. The summed E-state index contributed by atoms with van der Waals surface area (Å²) in [6.45, 7) is 10.2. The standard InChI is InChI=1S/C15H25NO6/c1-13(2,3)21-10(17)7-15(11(18)19)8-16(9-15)12(20)22-14(4,5)6/h7-9H2,1-6H3,(H,18,19). The molecule has 0 radical (unpaired) electrons. The van der Waals surface area contributed by atoms with Gasteiger partial charge in [-0.25, -0.2) is 4.79 Å². The number of likely N-dealkylation sites (tertiary alicyclic amines) is 1. The summed E-state index contributed by atoms with van der Waals surface area (Å²) in [5.74, 6) is -1.70. The van der Waals surface area contributed by atoms with E-state index in [0.29, 0.717) is 0 Å². The molecular weight excluding hydrogens is 290 g/mol. The van der Waals surface area contributed by atoms with E-state index < -0.39 is 34.6 Å². The van der Waals surface area contributed by atoms with Crippen molar-refractivity contribution in [3.8, 4) is 0 Å². The average Bonchev–Trinajstić information content (AvgIpc) is 2.16. The van der Waals surface area contributed by atoms with Crippen molar-refractivity contribution < 1.29 is 29.0 Å². The maximum atomic E-state index is 11.9. The van der Waals surface area contributed by atoms with Crippen LogP contribution in [0.15, 0.2) is 0 Å². The van der Waals surface area contributed by atoms with Gasteiger partial charge >= 0.3 is 18.0 Å². The van der Waals surface area contributed by atoms with Gasteiger partial charge in [0.15, 0.2) is 0 Å². The third-order valence-electron chi connectivity index (χ3n) is 3.00. The zero-order valence-electron chi connectivity index (χ0n) is 14.1. The Morgan fingerprint density at radius 1 is 1.00 bits per heavy atom. The second-order valence-electron chi connectivity index (χ2n) is 7.69. The van der Waals surface area contributed by atoms with Gasteiger partial charge in [-0.05, 0) is 41.5 Å². The van der Waals surface area contributed by atoms with Gasteiger partial charge in [0.1, 0.15) is 16.6 Å². The highest BCUT2D eigenvalue weighted by Gasteiger charge is 2.54. The van der Waals surface area contributed by atoms with Crippen molar-refractivity contribution in [2.24, 2.45) is 5.41 Å². The van der Waals surface area contributed by atoms with Gasteiger partial charge in [0, 0.05) is 13.1 Å². The number of carbonyl (C=O) groups excluding carboxylic acids is 2. The number of carbonyl (C=O) groups is 3. The average molecular weight is 315 g/mol. The van der Waals surface area contributed by atoms with E-state index in [4.69, 9.17) is 9.47 Å². The molecule has 0 aromatic heterocycles. The summed E-state index contributed by atoms with van der Waals surface area (Å²) in [7, 11) is 0. The number of aliphatic carboxylic acids is 1. The lowest BCUT2D eigenvalue weighted by atomic mass is 9.77. The minimum absolute atomic E-state index is 0.0590. The Hall–Kier alpha value is -1.79. The number of hydrogen-bond donors (Lipinski definition) is 1. The van der Waals surface area contributed by atoms with Crippen molar-refractivity contribution in [3.63, 3.8) is 0 Å². The summed E-state index contributed by atoms with van der Waals surface area (Å²) in [5, 5.41) is 9.38. The third-order valence-corrected chi connectivity index (χ3v) is 3.00. The van der Waals surface area contributed by atoms with E-state index in [2.05, 4.69) is 0 Å². The van der Waals surface area contributed by atoms with Crippen LogP contribution >= 0.6 is 0 Å². The molecule has 0 atom stereocenters. The van der Waals surface area contributed by atoms with E-state index in [1.807, 2.05) is 0 Å².